The van der Waals surface area contributed by atoms with Gasteiger partial charge < -0.3 is 15.5 Å². The summed E-state index contributed by atoms with van der Waals surface area (Å²) in [6.45, 7) is 6.15. The van der Waals surface area contributed by atoms with E-state index >= 15 is 0 Å². The molecule has 1 saturated heterocycles. The summed E-state index contributed by atoms with van der Waals surface area (Å²) in [6, 6.07) is 0. The van der Waals surface area contributed by atoms with E-state index in [1.807, 2.05) is 0 Å². The van der Waals surface area contributed by atoms with Gasteiger partial charge in [0.15, 0.2) is 0 Å². The molecule has 0 aromatic carbocycles. The van der Waals surface area contributed by atoms with Crippen LogP contribution in [0.4, 0.5) is 17.3 Å². The minimum absolute atomic E-state index is 0.0917. The van der Waals surface area contributed by atoms with E-state index in [-0.39, 0.29) is 17.3 Å². The lowest BCUT2D eigenvalue weighted by Crippen LogP contribution is -2.35. The van der Waals surface area contributed by atoms with Crippen LogP contribution < -0.4 is 10.6 Å². The van der Waals surface area contributed by atoms with Crippen LogP contribution in [0.3, 0.4) is 0 Å². The van der Waals surface area contributed by atoms with Crippen LogP contribution in [-0.4, -0.2) is 53.0 Å². The quantitative estimate of drug-likeness (QED) is 0.607. The molecule has 1 aliphatic rings. The molecule has 1 aromatic heterocycles. The average Bonchev–Trinajstić information content (AvgIpc) is 2.52. The SMILES string of the molecule is CCN1CCC(CNc2ncnc(NC)c2[N+](=O)[O-])CC1. The maximum atomic E-state index is 11.2. The lowest BCUT2D eigenvalue weighted by molar-refractivity contribution is -0.383. The smallest absolute Gasteiger partial charge is 0.353 e. The molecule has 21 heavy (non-hydrogen) atoms. The third-order valence-electron chi connectivity index (χ3n) is 3.95. The van der Waals surface area contributed by atoms with Gasteiger partial charge in [-0.15, -0.1) is 0 Å². The normalized spacial score (nSPS) is 16.7. The molecular formula is C13H22N6O2. The van der Waals surface area contributed by atoms with Crippen LogP contribution in [-0.2, 0) is 0 Å². The Morgan fingerprint density at radius 1 is 1.38 bits per heavy atom. The Balaban J connectivity index is 1.99. The maximum Gasteiger partial charge on any atom is 0.353 e. The molecule has 0 aliphatic carbocycles. The van der Waals surface area contributed by atoms with Gasteiger partial charge in [-0.1, -0.05) is 6.92 Å². The van der Waals surface area contributed by atoms with Crippen LogP contribution in [0.2, 0.25) is 0 Å². The lowest BCUT2D eigenvalue weighted by atomic mass is 9.97. The van der Waals surface area contributed by atoms with Crippen molar-refractivity contribution in [1.29, 1.82) is 0 Å². The fourth-order valence-electron chi connectivity index (χ4n) is 2.61. The van der Waals surface area contributed by atoms with Gasteiger partial charge in [0, 0.05) is 13.6 Å². The molecule has 116 valence electrons. The van der Waals surface area contributed by atoms with E-state index in [0.717, 1.165) is 32.5 Å². The number of nitrogens with one attached hydrogen (secondary N) is 2. The van der Waals surface area contributed by atoms with Crippen LogP contribution >= 0.6 is 0 Å². The van der Waals surface area contributed by atoms with Crippen LogP contribution in [0.1, 0.15) is 19.8 Å². The number of hydrogen-bond donors (Lipinski definition) is 2. The number of aromatic nitrogens is 2. The molecule has 1 aromatic rings. The summed E-state index contributed by atoms with van der Waals surface area (Å²) in [5.41, 5.74) is -0.0917. The van der Waals surface area contributed by atoms with E-state index in [1.54, 1.807) is 7.05 Å². The molecule has 0 amide bonds. The fraction of sp³-hybridized carbons (Fsp3) is 0.692. The van der Waals surface area contributed by atoms with E-state index < -0.39 is 4.92 Å². The van der Waals surface area contributed by atoms with Gasteiger partial charge >= 0.3 is 5.69 Å². The third-order valence-corrected chi connectivity index (χ3v) is 3.95. The number of piperidine rings is 1. The Morgan fingerprint density at radius 2 is 2.05 bits per heavy atom. The van der Waals surface area contributed by atoms with Crippen LogP contribution in [0.15, 0.2) is 6.33 Å². The topological polar surface area (TPSA) is 96.2 Å². The Hall–Kier alpha value is -1.96. The van der Waals surface area contributed by atoms with Crippen molar-refractivity contribution in [3.8, 4) is 0 Å². The first kappa shape index (κ1) is 15.4. The number of likely N-dealkylation sites (tertiary alicyclic amines) is 1. The molecule has 0 atom stereocenters. The zero-order valence-electron chi connectivity index (χ0n) is 12.5. The van der Waals surface area contributed by atoms with E-state index in [9.17, 15) is 10.1 Å². The summed E-state index contributed by atoms with van der Waals surface area (Å²) in [4.78, 5) is 21.0. The predicted octanol–water partition coefficient (Wildman–Crippen LogP) is 1.57. The van der Waals surface area contributed by atoms with Crippen molar-refractivity contribution in [2.75, 3.05) is 43.9 Å². The molecular weight excluding hydrogens is 272 g/mol. The van der Waals surface area contributed by atoms with Gasteiger partial charge in [-0.05, 0) is 38.4 Å². The van der Waals surface area contributed by atoms with Gasteiger partial charge in [0.25, 0.3) is 0 Å². The maximum absolute atomic E-state index is 11.2. The second kappa shape index (κ2) is 7.16. The van der Waals surface area contributed by atoms with Crippen LogP contribution in [0.25, 0.3) is 0 Å². The molecule has 0 unspecified atom stereocenters. The van der Waals surface area contributed by atoms with Gasteiger partial charge in [-0.2, -0.15) is 0 Å². The van der Waals surface area contributed by atoms with Crippen molar-refractivity contribution >= 4 is 17.3 Å². The number of rotatable bonds is 6. The van der Waals surface area contributed by atoms with E-state index in [2.05, 4.69) is 32.4 Å². The van der Waals surface area contributed by atoms with Gasteiger partial charge in [-0.25, -0.2) is 9.97 Å². The highest BCUT2D eigenvalue weighted by Crippen LogP contribution is 2.29. The van der Waals surface area contributed by atoms with Gasteiger partial charge in [0.2, 0.25) is 11.6 Å². The Kier molecular flexibility index (Phi) is 5.26. The predicted molar refractivity (Wildman–Crippen MR) is 81.6 cm³/mol. The molecule has 1 fully saturated rings. The summed E-state index contributed by atoms with van der Waals surface area (Å²) in [7, 11) is 1.61. The number of nitro groups is 1. The molecule has 1 aliphatic heterocycles. The molecule has 0 saturated carbocycles. The monoisotopic (exact) mass is 294 g/mol. The molecule has 0 spiro atoms. The molecule has 2 heterocycles. The van der Waals surface area contributed by atoms with E-state index in [0.29, 0.717) is 12.5 Å². The second-order valence-corrected chi connectivity index (χ2v) is 5.19. The molecule has 0 bridgehead atoms. The van der Waals surface area contributed by atoms with Gasteiger partial charge in [-0.3, -0.25) is 10.1 Å². The van der Waals surface area contributed by atoms with Crippen molar-refractivity contribution in [2.24, 2.45) is 5.92 Å². The largest absolute Gasteiger partial charge is 0.367 e. The van der Waals surface area contributed by atoms with Crippen LogP contribution in [0.5, 0.6) is 0 Å². The minimum Gasteiger partial charge on any atom is -0.367 e. The van der Waals surface area contributed by atoms with Gasteiger partial charge in [0.1, 0.15) is 6.33 Å². The molecule has 2 N–H and O–H groups in total. The zero-order valence-corrected chi connectivity index (χ0v) is 12.5. The Labute approximate surface area is 124 Å². The Bertz CT molecular complexity index is 488. The number of hydrogen-bond acceptors (Lipinski definition) is 7. The molecule has 8 nitrogen and oxygen atoms in total. The summed E-state index contributed by atoms with van der Waals surface area (Å²) < 4.78 is 0. The van der Waals surface area contributed by atoms with Crippen molar-refractivity contribution in [3.63, 3.8) is 0 Å². The number of nitrogens with zero attached hydrogens (tertiary/aromatic N) is 4. The first-order valence-electron chi connectivity index (χ1n) is 7.29. The summed E-state index contributed by atoms with van der Waals surface area (Å²) >= 11 is 0. The first-order valence-corrected chi connectivity index (χ1v) is 7.29. The standard InChI is InChI=1S/C13H22N6O2/c1-3-18-6-4-10(5-7-18)8-15-13-11(19(20)21)12(14-2)16-9-17-13/h9-10H,3-8H2,1-2H3,(H2,14,15,16,17). The van der Waals surface area contributed by atoms with Crippen molar-refractivity contribution < 1.29 is 4.92 Å². The zero-order chi connectivity index (χ0) is 15.2. The highest BCUT2D eigenvalue weighted by atomic mass is 16.6. The second-order valence-electron chi connectivity index (χ2n) is 5.19. The van der Waals surface area contributed by atoms with E-state index in [4.69, 9.17) is 0 Å². The highest BCUT2D eigenvalue weighted by Gasteiger charge is 2.24. The summed E-state index contributed by atoms with van der Waals surface area (Å²) in [6.07, 6.45) is 3.55. The third kappa shape index (κ3) is 3.78. The molecule has 2 rings (SSSR count). The Morgan fingerprint density at radius 3 is 2.62 bits per heavy atom. The van der Waals surface area contributed by atoms with Crippen molar-refractivity contribution in [3.05, 3.63) is 16.4 Å². The number of anilines is 2. The lowest BCUT2D eigenvalue weighted by Gasteiger charge is -2.31. The molecule has 0 radical (unpaired) electrons. The van der Waals surface area contributed by atoms with Crippen LogP contribution in [0, 0.1) is 16.0 Å². The minimum atomic E-state index is -0.451. The highest BCUT2D eigenvalue weighted by molar-refractivity contribution is 5.68. The fourth-order valence-corrected chi connectivity index (χ4v) is 2.61. The van der Waals surface area contributed by atoms with Gasteiger partial charge in [0.05, 0.1) is 4.92 Å². The average molecular weight is 294 g/mol. The summed E-state index contributed by atoms with van der Waals surface area (Å²) in [5, 5.41) is 17.0. The molecule has 8 heteroatoms. The van der Waals surface area contributed by atoms with E-state index in [1.165, 1.54) is 6.33 Å². The van der Waals surface area contributed by atoms with Crippen molar-refractivity contribution in [2.45, 2.75) is 19.8 Å². The first-order chi connectivity index (χ1) is 10.2. The summed E-state index contributed by atoms with van der Waals surface area (Å²) in [5.74, 6) is 1.05. The van der Waals surface area contributed by atoms with Crippen molar-refractivity contribution in [1.82, 2.24) is 14.9 Å².